The SMILES string of the molecule is CCNC(Cc1c(Cl)c(CC)nn1C)c1cnn(C)c1C. The number of hydrogen-bond donors (Lipinski definition) is 1. The summed E-state index contributed by atoms with van der Waals surface area (Å²) in [6.07, 6.45) is 3.60. The lowest BCUT2D eigenvalue weighted by atomic mass is 10.0. The van der Waals surface area contributed by atoms with Gasteiger partial charge >= 0.3 is 0 Å². The fourth-order valence-corrected chi connectivity index (χ4v) is 3.00. The van der Waals surface area contributed by atoms with Gasteiger partial charge in [-0.3, -0.25) is 9.36 Å². The lowest BCUT2D eigenvalue weighted by Crippen LogP contribution is -2.24. The van der Waals surface area contributed by atoms with Gasteiger partial charge in [0.15, 0.2) is 0 Å². The molecule has 0 spiro atoms. The number of hydrogen-bond acceptors (Lipinski definition) is 3. The van der Waals surface area contributed by atoms with Crippen LogP contribution in [0.1, 0.15) is 42.5 Å². The summed E-state index contributed by atoms with van der Waals surface area (Å²) in [5, 5.41) is 13.2. The van der Waals surface area contributed by atoms with Crippen LogP contribution in [0.4, 0.5) is 0 Å². The highest BCUT2D eigenvalue weighted by molar-refractivity contribution is 6.31. The van der Waals surface area contributed by atoms with Crippen molar-refractivity contribution in [2.75, 3.05) is 6.54 Å². The van der Waals surface area contributed by atoms with Crippen molar-refractivity contribution in [3.05, 3.63) is 33.9 Å². The van der Waals surface area contributed by atoms with Crippen LogP contribution in [-0.4, -0.2) is 26.1 Å². The molecule has 0 fully saturated rings. The fraction of sp³-hybridized carbons (Fsp3) is 0.600. The van der Waals surface area contributed by atoms with E-state index in [0.717, 1.165) is 35.8 Å². The molecule has 116 valence electrons. The van der Waals surface area contributed by atoms with Crippen molar-refractivity contribution < 1.29 is 0 Å². The summed E-state index contributed by atoms with van der Waals surface area (Å²) in [7, 11) is 3.92. The molecular formula is C15H24ClN5. The van der Waals surface area contributed by atoms with Gasteiger partial charge in [-0.15, -0.1) is 0 Å². The minimum Gasteiger partial charge on any atom is -0.310 e. The highest BCUT2D eigenvalue weighted by atomic mass is 35.5. The second-order valence-electron chi connectivity index (χ2n) is 5.31. The topological polar surface area (TPSA) is 47.7 Å². The molecule has 2 aromatic heterocycles. The number of nitrogens with zero attached hydrogens (tertiary/aromatic N) is 4. The van der Waals surface area contributed by atoms with Crippen LogP contribution in [0.25, 0.3) is 0 Å². The molecule has 0 aliphatic rings. The standard InChI is InChI=1S/C15H24ClN5/c1-6-12-15(16)14(21(5)19-12)8-13(17-7-2)11-9-18-20(4)10(11)3/h9,13,17H,6-8H2,1-5H3. The quantitative estimate of drug-likeness (QED) is 0.892. The first-order valence-corrected chi connectivity index (χ1v) is 7.79. The molecule has 21 heavy (non-hydrogen) atoms. The van der Waals surface area contributed by atoms with E-state index in [2.05, 4.69) is 36.3 Å². The van der Waals surface area contributed by atoms with Crippen molar-refractivity contribution in [1.82, 2.24) is 24.9 Å². The number of rotatable bonds is 6. The van der Waals surface area contributed by atoms with Crippen LogP contribution < -0.4 is 5.32 Å². The Balaban J connectivity index is 2.33. The zero-order valence-electron chi connectivity index (χ0n) is 13.4. The highest BCUT2D eigenvalue weighted by Crippen LogP contribution is 2.27. The van der Waals surface area contributed by atoms with Crippen LogP contribution in [0.5, 0.6) is 0 Å². The summed E-state index contributed by atoms with van der Waals surface area (Å²) >= 11 is 6.47. The maximum absolute atomic E-state index is 6.47. The lowest BCUT2D eigenvalue weighted by Gasteiger charge is -2.18. The summed E-state index contributed by atoms with van der Waals surface area (Å²) in [5.41, 5.74) is 4.43. The van der Waals surface area contributed by atoms with Gasteiger partial charge < -0.3 is 5.32 Å². The van der Waals surface area contributed by atoms with Crippen molar-refractivity contribution >= 4 is 11.6 Å². The lowest BCUT2D eigenvalue weighted by molar-refractivity contribution is 0.525. The van der Waals surface area contributed by atoms with Gasteiger partial charge in [-0.1, -0.05) is 25.4 Å². The molecule has 0 aromatic carbocycles. The van der Waals surface area contributed by atoms with Crippen molar-refractivity contribution in [2.24, 2.45) is 14.1 Å². The fourth-order valence-electron chi connectivity index (χ4n) is 2.63. The molecule has 2 aromatic rings. The number of aromatic nitrogens is 4. The minimum absolute atomic E-state index is 0.196. The van der Waals surface area contributed by atoms with Crippen molar-refractivity contribution in [3.63, 3.8) is 0 Å². The van der Waals surface area contributed by atoms with Gasteiger partial charge in [-0.05, 0) is 19.9 Å². The third-order valence-electron chi connectivity index (χ3n) is 4.00. The zero-order chi connectivity index (χ0) is 15.6. The number of nitrogens with one attached hydrogen (secondary N) is 1. The van der Waals surface area contributed by atoms with E-state index in [4.69, 9.17) is 11.6 Å². The summed E-state index contributed by atoms with van der Waals surface area (Å²) in [6, 6.07) is 0.196. The maximum Gasteiger partial charge on any atom is 0.0850 e. The summed E-state index contributed by atoms with van der Waals surface area (Å²) < 4.78 is 3.80. The molecule has 1 atom stereocenters. The molecule has 1 unspecified atom stereocenters. The molecule has 6 heteroatoms. The van der Waals surface area contributed by atoms with Crippen LogP contribution in [0, 0.1) is 6.92 Å². The molecule has 0 bridgehead atoms. The van der Waals surface area contributed by atoms with E-state index < -0.39 is 0 Å². The van der Waals surface area contributed by atoms with E-state index in [1.807, 2.05) is 29.7 Å². The Morgan fingerprint density at radius 2 is 2.00 bits per heavy atom. The Labute approximate surface area is 131 Å². The van der Waals surface area contributed by atoms with Crippen molar-refractivity contribution in [2.45, 2.75) is 39.7 Å². The molecule has 0 aliphatic carbocycles. The molecule has 1 N–H and O–H groups in total. The van der Waals surface area contributed by atoms with E-state index in [9.17, 15) is 0 Å². The van der Waals surface area contributed by atoms with E-state index in [1.165, 1.54) is 11.3 Å². The molecule has 0 aliphatic heterocycles. The second kappa shape index (κ2) is 6.62. The monoisotopic (exact) mass is 309 g/mol. The first-order chi connectivity index (χ1) is 9.99. The predicted octanol–water partition coefficient (Wildman–Crippen LogP) is 2.57. The Hall–Kier alpha value is -1.33. The molecule has 0 saturated heterocycles. The summed E-state index contributed by atoms with van der Waals surface area (Å²) in [5.74, 6) is 0. The van der Waals surface area contributed by atoms with E-state index >= 15 is 0 Å². The minimum atomic E-state index is 0.196. The van der Waals surface area contributed by atoms with Crippen LogP contribution in [0.3, 0.4) is 0 Å². The Kier molecular flexibility index (Phi) is 5.06. The first kappa shape index (κ1) is 16.0. The third kappa shape index (κ3) is 3.14. The smallest absolute Gasteiger partial charge is 0.0850 e. The van der Waals surface area contributed by atoms with E-state index in [1.54, 1.807) is 0 Å². The van der Waals surface area contributed by atoms with Gasteiger partial charge in [-0.2, -0.15) is 10.2 Å². The van der Waals surface area contributed by atoms with Crippen LogP contribution in [-0.2, 0) is 26.9 Å². The van der Waals surface area contributed by atoms with Crippen molar-refractivity contribution in [1.29, 1.82) is 0 Å². The van der Waals surface area contributed by atoms with Crippen molar-refractivity contribution in [3.8, 4) is 0 Å². The van der Waals surface area contributed by atoms with Gasteiger partial charge in [0, 0.05) is 37.8 Å². The Morgan fingerprint density at radius 3 is 2.48 bits per heavy atom. The Bertz CT molecular complexity index is 614. The average Bonchev–Trinajstić information content (AvgIpc) is 2.92. The molecule has 2 rings (SSSR count). The predicted molar refractivity (Wildman–Crippen MR) is 85.7 cm³/mol. The average molecular weight is 310 g/mol. The maximum atomic E-state index is 6.47. The molecule has 0 radical (unpaired) electrons. The van der Waals surface area contributed by atoms with Crippen LogP contribution >= 0.6 is 11.6 Å². The van der Waals surface area contributed by atoms with Gasteiger partial charge in [0.25, 0.3) is 0 Å². The van der Waals surface area contributed by atoms with Gasteiger partial charge in [0.1, 0.15) is 0 Å². The Morgan fingerprint density at radius 1 is 1.29 bits per heavy atom. The molecular weight excluding hydrogens is 286 g/mol. The van der Waals surface area contributed by atoms with Gasteiger partial charge in [0.2, 0.25) is 0 Å². The van der Waals surface area contributed by atoms with Crippen LogP contribution in [0.2, 0.25) is 5.02 Å². The first-order valence-electron chi connectivity index (χ1n) is 7.41. The normalized spacial score (nSPS) is 12.9. The summed E-state index contributed by atoms with van der Waals surface area (Å²) in [6.45, 7) is 7.18. The molecule has 0 amide bonds. The van der Waals surface area contributed by atoms with Gasteiger partial charge in [0.05, 0.1) is 22.6 Å². The largest absolute Gasteiger partial charge is 0.310 e. The number of likely N-dealkylation sites (N-methyl/N-ethyl adjacent to an activating group) is 1. The second-order valence-corrected chi connectivity index (χ2v) is 5.69. The van der Waals surface area contributed by atoms with E-state index in [0.29, 0.717) is 0 Å². The number of halogens is 1. The number of aryl methyl sites for hydroxylation is 3. The van der Waals surface area contributed by atoms with Gasteiger partial charge in [-0.25, -0.2) is 0 Å². The molecule has 5 nitrogen and oxygen atoms in total. The van der Waals surface area contributed by atoms with E-state index in [-0.39, 0.29) is 6.04 Å². The summed E-state index contributed by atoms with van der Waals surface area (Å²) in [4.78, 5) is 0. The third-order valence-corrected chi connectivity index (χ3v) is 4.44. The van der Waals surface area contributed by atoms with Crippen LogP contribution in [0.15, 0.2) is 6.20 Å². The zero-order valence-corrected chi connectivity index (χ0v) is 14.2. The molecule has 0 saturated carbocycles. The molecule has 2 heterocycles. The highest BCUT2D eigenvalue weighted by Gasteiger charge is 2.21.